The van der Waals surface area contributed by atoms with Gasteiger partial charge in [-0.2, -0.15) is 0 Å². The minimum atomic E-state index is -1.42. The fraction of sp³-hybridized carbons (Fsp3) is 0.846. The second kappa shape index (κ2) is 15.5. The van der Waals surface area contributed by atoms with Crippen molar-refractivity contribution in [2.24, 2.45) is 5.92 Å². The van der Waals surface area contributed by atoms with Crippen LogP contribution in [0.3, 0.4) is 0 Å². The third-order valence-corrected chi connectivity index (χ3v) is 16.9. The van der Waals surface area contributed by atoms with Crippen LogP contribution in [0.5, 0.6) is 0 Å². The Morgan fingerprint density at radius 2 is 1.36 bits per heavy atom. The van der Waals surface area contributed by atoms with Crippen LogP contribution in [-0.2, 0) is 38.1 Å². The molecule has 36 heavy (non-hydrogen) atoms. The fourth-order valence-electron chi connectivity index (χ4n) is 4.53. The Hall–Kier alpha value is -1.69. The van der Waals surface area contributed by atoms with Crippen molar-refractivity contribution in [3.63, 3.8) is 0 Å². The van der Waals surface area contributed by atoms with Gasteiger partial charge in [0.2, 0.25) is 0 Å². The van der Waals surface area contributed by atoms with Gasteiger partial charge in [-0.1, -0.05) is 80.4 Å². The Kier molecular flexibility index (Phi) is 16.8. The lowest BCUT2D eigenvalue weighted by atomic mass is 10.0. The van der Waals surface area contributed by atoms with E-state index in [1.807, 2.05) is 0 Å². The highest BCUT2D eigenvalue weighted by Crippen LogP contribution is 2.33. The zero-order chi connectivity index (χ0) is 24.2. The molecule has 0 saturated carbocycles. The highest BCUT2D eigenvalue weighted by atomic mass is 28.4. The molecular weight excluding hydrogens is 496 g/mol. The fourth-order valence-corrected chi connectivity index (χ4v) is 15.8. The van der Waals surface area contributed by atoms with E-state index in [-0.39, 0.29) is 61.8 Å². The SMILES string of the molecule is C.C.C.C.CC[Si](C)(CCCC(C(=O)OC1(C)CCC(=O)O1)C(=O)OC1(C)CCC(=O)O1)C[SiH](C)C. The molecule has 0 bridgehead atoms. The van der Waals surface area contributed by atoms with Gasteiger partial charge < -0.3 is 18.9 Å². The van der Waals surface area contributed by atoms with Crippen LogP contribution < -0.4 is 0 Å². The van der Waals surface area contributed by atoms with E-state index in [4.69, 9.17) is 18.9 Å². The van der Waals surface area contributed by atoms with Crippen molar-refractivity contribution in [3.05, 3.63) is 0 Å². The van der Waals surface area contributed by atoms with E-state index in [1.54, 1.807) is 0 Å². The van der Waals surface area contributed by atoms with E-state index < -0.39 is 58.2 Å². The van der Waals surface area contributed by atoms with Crippen LogP contribution in [0.15, 0.2) is 0 Å². The van der Waals surface area contributed by atoms with Gasteiger partial charge >= 0.3 is 23.9 Å². The molecule has 2 saturated heterocycles. The Labute approximate surface area is 222 Å². The second-order valence-electron chi connectivity index (χ2n) is 10.3. The lowest BCUT2D eigenvalue weighted by molar-refractivity contribution is -0.220. The molecule has 0 N–H and O–H groups in total. The van der Waals surface area contributed by atoms with Gasteiger partial charge in [-0.15, -0.1) is 0 Å². The first-order chi connectivity index (χ1) is 14.8. The standard InChI is InChI=1S/C22H38O8Si2.4CH4/c1-7-32(6,15-31(4)5)14-8-9-16(19(25)29-21(2)12-10-17(23)27-21)20(26)30-22(3)13-11-18(24)28-22;;;;/h16,31H,7-15H2,1-6H3;4*1H4. The van der Waals surface area contributed by atoms with Crippen LogP contribution in [0.4, 0.5) is 0 Å². The molecule has 2 heterocycles. The van der Waals surface area contributed by atoms with Gasteiger partial charge in [-0.25, -0.2) is 0 Å². The number of cyclic esters (lactones) is 2. The van der Waals surface area contributed by atoms with Crippen LogP contribution >= 0.6 is 0 Å². The normalized spacial score (nSPS) is 25.0. The quantitative estimate of drug-likeness (QED) is 0.169. The Morgan fingerprint density at radius 3 is 1.67 bits per heavy atom. The summed E-state index contributed by atoms with van der Waals surface area (Å²) < 4.78 is 21.2. The molecular formula is C26H54O8Si2. The zero-order valence-corrected chi connectivity index (χ0v) is 22.4. The summed E-state index contributed by atoms with van der Waals surface area (Å²) in [4.78, 5) is 49.0. The first-order valence-corrected chi connectivity index (χ1v) is 17.9. The lowest BCUT2D eigenvalue weighted by Gasteiger charge is -2.30. The summed E-state index contributed by atoms with van der Waals surface area (Å²) in [6.07, 6.45) is 1.80. The van der Waals surface area contributed by atoms with Gasteiger partial charge in [0.05, 0.1) is 12.8 Å². The van der Waals surface area contributed by atoms with Crippen LogP contribution in [-0.4, -0.2) is 52.3 Å². The van der Waals surface area contributed by atoms with Crippen molar-refractivity contribution in [1.29, 1.82) is 0 Å². The smallest absolute Gasteiger partial charge is 0.323 e. The van der Waals surface area contributed by atoms with Gasteiger partial charge in [0, 0.05) is 43.6 Å². The summed E-state index contributed by atoms with van der Waals surface area (Å²) in [5, 5.41) is 0. The van der Waals surface area contributed by atoms with Crippen molar-refractivity contribution in [3.8, 4) is 0 Å². The first kappa shape index (κ1) is 38.8. The molecule has 3 atom stereocenters. The first-order valence-electron chi connectivity index (χ1n) is 11.7. The number of carbonyl (C=O) groups excluding carboxylic acids is 4. The number of rotatable bonds is 11. The summed E-state index contributed by atoms with van der Waals surface area (Å²) in [5.41, 5.74) is 1.32. The maximum atomic E-state index is 13.0. The predicted octanol–water partition coefficient (Wildman–Crippen LogP) is 6.24. The summed E-state index contributed by atoms with van der Waals surface area (Å²) in [6.45, 7) is 12.4. The number of carbonyl (C=O) groups is 4. The summed E-state index contributed by atoms with van der Waals surface area (Å²) >= 11 is 0. The van der Waals surface area contributed by atoms with E-state index >= 15 is 0 Å². The minimum Gasteiger partial charge on any atom is -0.423 e. The van der Waals surface area contributed by atoms with E-state index in [0.29, 0.717) is 6.42 Å². The second-order valence-corrected chi connectivity index (χ2v) is 19.5. The Balaban J connectivity index is -0.00000272. The van der Waals surface area contributed by atoms with Crippen LogP contribution in [0.25, 0.3) is 0 Å². The molecule has 0 aromatic carbocycles. The van der Waals surface area contributed by atoms with Crippen LogP contribution in [0.1, 0.15) is 89.0 Å². The van der Waals surface area contributed by atoms with Crippen LogP contribution in [0, 0.1) is 5.92 Å². The Bertz CT molecular complexity index is 697. The molecule has 2 aliphatic rings. The van der Waals surface area contributed by atoms with Crippen molar-refractivity contribution >= 4 is 40.7 Å². The summed E-state index contributed by atoms with van der Waals surface area (Å²) in [5.74, 6) is -6.30. The van der Waals surface area contributed by atoms with E-state index in [0.717, 1.165) is 6.04 Å². The van der Waals surface area contributed by atoms with Crippen molar-refractivity contribution in [2.75, 3.05) is 0 Å². The number of esters is 4. The highest BCUT2D eigenvalue weighted by molar-refractivity contribution is 6.88. The van der Waals surface area contributed by atoms with Gasteiger partial charge in [0.1, 0.15) is 0 Å². The van der Waals surface area contributed by atoms with Gasteiger partial charge in [-0.3, -0.25) is 19.2 Å². The zero-order valence-electron chi connectivity index (χ0n) is 20.3. The third kappa shape index (κ3) is 11.1. The van der Waals surface area contributed by atoms with Crippen molar-refractivity contribution < 1.29 is 38.1 Å². The maximum Gasteiger partial charge on any atom is 0.323 e. The van der Waals surface area contributed by atoms with Crippen molar-refractivity contribution in [1.82, 2.24) is 0 Å². The topological polar surface area (TPSA) is 105 Å². The predicted molar refractivity (Wildman–Crippen MR) is 150 cm³/mol. The average Bonchev–Trinajstić information content (AvgIpc) is 3.18. The summed E-state index contributed by atoms with van der Waals surface area (Å²) in [7, 11) is -2.14. The highest BCUT2D eigenvalue weighted by Gasteiger charge is 2.46. The third-order valence-electron chi connectivity index (χ3n) is 6.46. The van der Waals surface area contributed by atoms with Crippen molar-refractivity contribution in [2.45, 2.75) is 138 Å². The van der Waals surface area contributed by atoms with Crippen LogP contribution in [0.2, 0.25) is 37.4 Å². The van der Waals surface area contributed by atoms with E-state index in [2.05, 4.69) is 26.6 Å². The number of hydrogen-bond acceptors (Lipinski definition) is 8. The monoisotopic (exact) mass is 550 g/mol. The molecule has 8 nitrogen and oxygen atoms in total. The molecule has 2 fully saturated rings. The largest absolute Gasteiger partial charge is 0.423 e. The molecule has 0 aliphatic carbocycles. The number of hydrogen-bond donors (Lipinski definition) is 0. The molecule has 0 radical (unpaired) electrons. The molecule has 10 heteroatoms. The average molecular weight is 551 g/mol. The van der Waals surface area contributed by atoms with Gasteiger partial charge in [0.25, 0.3) is 11.6 Å². The molecule has 0 amide bonds. The molecule has 214 valence electrons. The van der Waals surface area contributed by atoms with E-state index in [9.17, 15) is 19.2 Å². The molecule has 3 unspecified atom stereocenters. The van der Waals surface area contributed by atoms with Gasteiger partial charge in [-0.05, 0) is 6.42 Å². The molecule has 2 rings (SSSR count). The van der Waals surface area contributed by atoms with Gasteiger partial charge in [0.15, 0.2) is 5.92 Å². The molecule has 2 aliphatic heterocycles. The summed E-state index contributed by atoms with van der Waals surface area (Å²) in [6, 6.07) is 2.18. The Morgan fingerprint density at radius 1 is 0.944 bits per heavy atom. The lowest BCUT2D eigenvalue weighted by Crippen LogP contribution is -2.41. The molecule has 0 aromatic rings. The van der Waals surface area contributed by atoms with E-state index in [1.165, 1.54) is 25.6 Å². The minimum absolute atomic E-state index is 0. The molecule has 0 aromatic heterocycles. The number of ether oxygens (including phenoxy) is 4. The maximum absolute atomic E-state index is 13.0. The molecule has 0 spiro atoms.